The van der Waals surface area contributed by atoms with Gasteiger partial charge in [-0.25, -0.2) is 0 Å². The molecule has 3 saturated carbocycles. The van der Waals surface area contributed by atoms with Crippen molar-refractivity contribution in [3.8, 4) is 0 Å². The summed E-state index contributed by atoms with van der Waals surface area (Å²) < 4.78 is 0. The van der Waals surface area contributed by atoms with Crippen LogP contribution in [-0.2, 0) is 9.59 Å². The van der Waals surface area contributed by atoms with Gasteiger partial charge in [-0.15, -0.1) is 0 Å². The Bertz CT molecular complexity index is 546. The Kier molecular flexibility index (Phi) is 2.81. The number of ketones is 2. The molecule has 0 aliphatic heterocycles. The Balaban J connectivity index is 1.70. The largest absolute Gasteiger partial charge is 0.299 e. The zero-order valence-electron chi connectivity index (χ0n) is 13.3. The van der Waals surface area contributed by atoms with E-state index in [1.807, 2.05) is 6.08 Å². The molecule has 0 N–H and O–H groups in total. The molecule has 114 valence electrons. The zero-order chi connectivity index (χ0) is 14.8. The standard InChI is InChI=1S/C19H26O2/c1-18-9-7-13(20)11-12(18)3-4-14-15-5-6-17(21)19(15,2)10-8-16(14)18/h11,14-16H,3-10H2,1-2H3/t14-,15+,16-,18+,19-/m0/s1. The highest BCUT2D eigenvalue weighted by molar-refractivity contribution is 5.91. The van der Waals surface area contributed by atoms with Crippen LogP contribution in [0.15, 0.2) is 11.6 Å². The first kappa shape index (κ1) is 13.7. The Morgan fingerprint density at radius 2 is 1.67 bits per heavy atom. The third-order valence-electron chi connectivity index (χ3n) is 7.67. The first-order valence-corrected chi connectivity index (χ1v) is 8.72. The van der Waals surface area contributed by atoms with E-state index in [0.717, 1.165) is 38.5 Å². The Morgan fingerprint density at radius 3 is 2.48 bits per heavy atom. The summed E-state index contributed by atoms with van der Waals surface area (Å²) in [4.78, 5) is 24.1. The van der Waals surface area contributed by atoms with Crippen LogP contribution < -0.4 is 0 Å². The van der Waals surface area contributed by atoms with Crippen molar-refractivity contribution in [2.45, 2.75) is 65.2 Å². The van der Waals surface area contributed by atoms with Gasteiger partial charge in [-0.2, -0.15) is 0 Å². The average Bonchev–Trinajstić information content (AvgIpc) is 2.76. The van der Waals surface area contributed by atoms with Crippen molar-refractivity contribution in [3.63, 3.8) is 0 Å². The van der Waals surface area contributed by atoms with Crippen molar-refractivity contribution in [1.82, 2.24) is 0 Å². The van der Waals surface area contributed by atoms with Gasteiger partial charge in [0.05, 0.1) is 0 Å². The summed E-state index contributed by atoms with van der Waals surface area (Å²) in [7, 11) is 0. The average molecular weight is 286 g/mol. The van der Waals surface area contributed by atoms with Gasteiger partial charge in [-0.05, 0) is 67.8 Å². The minimum Gasteiger partial charge on any atom is -0.299 e. The van der Waals surface area contributed by atoms with Crippen molar-refractivity contribution in [2.75, 3.05) is 0 Å². The molecule has 21 heavy (non-hydrogen) atoms. The number of carbonyl (C=O) groups is 2. The van der Waals surface area contributed by atoms with Crippen molar-refractivity contribution >= 4 is 11.6 Å². The molecule has 4 rings (SSSR count). The van der Waals surface area contributed by atoms with E-state index >= 15 is 0 Å². The highest BCUT2D eigenvalue weighted by Gasteiger charge is 2.58. The molecular formula is C19H26O2. The molecule has 0 spiro atoms. The van der Waals surface area contributed by atoms with Crippen molar-refractivity contribution in [3.05, 3.63) is 11.6 Å². The van der Waals surface area contributed by atoms with E-state index in [1.165, 1.54) is 18.4 Å². The number of fused-ring (bicyclic) bond motifs is 5. The molecule has 0 heterocycles. The lowest BCUT2D eigenvalue weighted by molar-refractivity contribution is -0.132. The monoisotopic (exact) mass is 286 g/mol. The molecule has 2 heteroatoms. The van der Waals surface area contributed by atoms with Crippen LogP contribution in [0.2, 0.25) is 0 Å². The van der Waals surface area contributed by atoms with Crippen LogP contribution in [0.3, 0.4) is 0 Å². The number of carbonyl (C=O) groups excluding carboxylic acids is 2. The topological polar surface area (TPSA) is 34.1 Å². The lowest BCUT2D eigenvalue weighted by Gasteiger charge is -2.56. The van der Waals surface area contributed by atoms with Crippen LogP contribution in [0.5, 0.6) is 0 Å². The molecule has 2 nitrogen and oxygen atoms in total. The van der Waals surface area contributed by atoms with Crippen molar-refractivity contribution in [2.24, 2.45) is 28.6 Å². The second kappa shape index (κ2) is 4.30. The first-order valence-electron chi connectivity index (χ1n) is 8.72. The van der Waals surface area contributed by atoms with Gasteiger partial charge < -0.3 is 0 Å². The lowest BCUT2D eigenvalue weighted by atomic mass is 9.47. The smallest absolute Gasteiger partial charge is 0.155 e. The van der Waals surface area contributed by atoms with E-state index in [9.17, 15) is 9.59 Å². The van der Waals surface area contributed by atoms with Gasteiger partial charge in [0, 0.05) is 18.3 Å². The van der Waals surface area contributed by atoms with Gasteiger partial charge >= 0.3 is 0 Å². The van der Waals surface area contributed by atoms with Gasteiger partial charge in [-0.3, -0.25) is 9.59 Å². The fourth-order valence-corrected chi connectivity index (χ4v) is 6.33. The second-order valence-corrected chi connectivity index (χ2v) is 8.39. The highest BCUT2D eigenvalue weighted by atomic mass is 16.1. The summed E-state index contributed by atoms with van der Waals surface area (Å²) in [6.45, 7) is 4.64. The minimum atomic E-state index is -0.0246. The van der Waals surface area contributed by atoms with E-state index in [-0.39, 0.29) is 10.8 Å². The maximum absolute atomic E-state index is 12.4. The summed E-state index contributed by atoms with van der Waals surface area (Å²) in [5, 5.41) is 0. The molecule has 0 radical (unpaired) electrons. The fraction of sp³-hybridized carbons (Fsp3) is 0.789. The molecule has 0 unspecified atom stereocenters. The van der Waals surface area contributed by atoms with Crippen LogP contribution in [0.1, 0.15) is 65.2 Å². The SMILES string of the molecule is C[C@]12CC[C@H]3[C@@H](CCC4=CC(=O)CC[C@]43C)[C@H]1CCC2=O. The molecule has 4 aliphatic rings. The maximum Gasteiger partial charge on any atom is 0.155 e. The van der Waals surface area contributed by atoms with Crippen LogP contribution in [0, 0.1) is 28.6 Å². The number of hydrogen-bond donors (Lipinski definition) is 0. The van der Waals surface area contributed by atoms with Gasteiger partial charge in [0.1, 0.15) is 5.78 Å². The number of allylic oxidation sites excluding steroid dienone is 1. The third-order valence-corrected chi connectivity index (χ3v) is 7.67. The van der Waals surface area contributed by atoms with Crippen LogP contribution in [-0.4, -0.2) is 11.6 Å². The van der Waals surface area contributed by atoms with Crippen LogP contribution in [0.4, 0.5) is 0 Å². The fourth-order valence-electron chi connectivity index (χ4n) is 6.33. The molecule has 0 aromatic carbocycles. The van der Waals surface area contributed by atoms with Gasteiger partial charge in [0.15, 0.2) is 5.78 Å². The predicted molar refractivity (Wildman–Crippen MR) is 81.7 cm³/mol. The number of Topliss-reactive ketones (excluding diaryl/α,β-unsaturated/α-hetero) is 1. The quantitative estimate of drug-likeness (QED) is 0.672. The van der Waals surface area contributed by atoms with E-state index < -0.39 is 0 Å². The van der Waals surface area contributed by atoms with E-state index in [2.05, 4.69) is 13.8 Å². The molecule has 0 aromatic rings. The molecular weight excluding hydrogens is 260 g/mol. The Hall–Kier alpha value is -0.920. The van der Waals surface area contributed by atoms with E-state index in [4.69, 9.17) is 0 Å². The number of hydrogen-bond acceptors (Lipinski definition) is 2. The summed E-state index contributed by atoms with van der Waals surface area (Å²) in [6, 6.07) is 0. The van der Waals surface area contributed by atoms with E-state index in [1.54, 1.807) is 0 Å². The lowest BCUT2D eigenvalue weighted by Crippen LogP contribution is -2.50. The number of rotatable bonds is 0. The molecule has 0 amide bonds. The normalized spacial score (nSPS) is 49.2. The molecule has 0 saturated heterocycles. The summed E-state index contributed by atoms with van der Waals surface area (Å²) in [5.74, 6) is 2.88. The predicted octanol–water partition coefficient (Wildman–Crippen LogP) is 4.09. The summed E-state index contributed by atoms with van der Waals surface area (Å²) in [6.07, 6.45) is 10.2. The summed E-state index contributed by atoms with van der Waals surface area (Å²) in [5.41, 5.74) is 1.64. The molecule has 4 aliphatic carbocycles. The van der Waals surface area contributed by atoms with Crippen molar-refractivity contribution in [1.29, 1.82) is 0 Å². The highest BCUT2D eigenvalue weighted by Crippen LogP contribution is 2.64. The molecule has 3 fully saturated rings. The third kappa shape index (κ3) is 1.71. The zero-order valence-corrected chi connectivity index (χ0v) is 13.3. The van der Waals surface area contributed by atoms with Gasteiger partial charge in [0.25, 0.3) is 0 Å². The second-order valence-electron chi connectivity index (χ2n) is 8.39. The Morgan fingerprint density at radius 1 is 0.905 bits per heavy atom. The maximum atomic E-state index is 12.4. The van der Waals surface area contributed by atoms with E-state index in [0.29, 0.717) is 29.3 Å². The molecule has 0 aromatic heterocycles. The van der Waals surface area contributed by atoms with Crippen molar-refractivity contribution < 1.29 is 9.59 Å². The molecule has 0 bridgehead atoms. The summed E-state index contributed by atoms with van der Waals surface area (Å²) >= 11 is 0. The van der Waals surface area contributed by atoms with Gasteiger partial charge in [0.2, 0.25) is 0 Å². The minimum absolute atomic E-state index is 0.0246. The van der Waals surface area contributed by atoms with Crippen LogP contribution in [0.25, 0.3) is 0 Å². The molecule has 5 atom stereocenters. The van der Waals surface area contributed by atoms with Crippen LogP contribution >= 0.6 is 0 Å². The van der Waals surface area contributed by atoms with Gasteiger partial charge in [-0.1, -0.05) is 19.4 Å². The Labute approximate surface area is 127 Å². The first-order chi connectivity index (χ1) is 9.95.